The molecule has 0 fully saturated rings. The van der Waals surface area contributed by atoms with E-state index in [1.807, 2.05) is 12.1 Å². The van der Waals surface area contributed by atoms with Crippen molar-refractivity contribution in [1.82, 2.24) is 15.8 Å². The van der Waals surface area contributed by atoms with Crippen molar-refractivity contribution in [3.8, 4) is 5.75 Å². The molecule has 0 unspecified atom stereocenters. The Morgan fingerprint density at radius 1 is 1.19 bits per heavy atom. The Labute approximate surface area is 158 Å². The lowest BCUT2D eigenvalue weighted by Gasteiger charge is -2.15. The molecular weight excluding hydrogens is 373 g/mol. The number of halogens is 1. The number of fused-ring (bicyclic) bond motifs is 1. The molecule has 0 aliphatic rings. The van der Waals surface area contributed by atoms with Gasteiger partial charge in [0.25, 0.3) is 11.1 Å². The third-order valence-corrected chi connectivity index (χ3v) is 4.26. The molecule has 0 radical (unpaired) electrons. The van der Waals surface area contributed by atoms with Crippen LogP contribution in [0.25, 0.3) is 11.1 Å². The Morgan fingerprint density at radius 3 is 2.70 bits per heavy atom. The normalized spacial score (nSPS) is 11.8. The van der Waals surface area contributed by atoms with Crippen LogP contribution in [-0.4, -0.2) is 28.7 Å². The van der Waals surface area contributed by atoms with Gasteiger partial charge in [-0.3, -0.25) is 20.4 Å². The lowest BCUT2D eigenvalue weighted by Crippen LogP contribution is -2.47. The number of nitrogens with one attached hydrogen (secondary N) is 2. The van der Waals surface area contributed by atoms with Gasteiger partial charge in [-0.2, -0.15) is 0 Å². The number of amides is 2. The fourth-order valence-electron chi connectivity index (χ4n) is 2.09. The monoisotopic (exact) mass is 389 g/mol. The topological polar surface area (TPSA) is 93.5 Å². The second-order valence-electron chi connectivity index (χ2n) is 5.46. The maximum Gasteiger partial charge on any atom is 0.279 e. The average molecular weight is 389 g/mol. The van der Waals surface area contributed by atoms with Gasteiger partial charge < -0.3 is 9.15 Å². The summed E-state index contributed by atoms with van der Waals surface area (Å²) in [5, 5.41) is 0.355. The summed E-state index contributed by atoms with van der Waals surface area (Å²) in [7, 11) is 0. The van der Waals surface area contributed by atoms with Crippen LogP contribution in [-0.2, 0) is 9.59 Å². The summed E-state index contributed by atoms with van der Waals surface area (Å²) in [5.41, 5.74) is 5.83. The molecule has 0 aliphatic carbocycles. The van der Waals surface area contributed by atoms with Gasteiger partial charge in [0, 0.05) is 0 Å². The molecule has 9 heteroatoms. The van der Waals surface area contributed by atoms with Crippen LogP contribution < -0.4 is 15.6 Å². The highest BCUT2D eigenvalue weighted by atomic mass is 32.2. The fraction of sp³-hybridized carbons (Fsp3) is 0.167. The van der Waals surface area contributed by atoms with Gasteiger partial charge in [-0.15, -0.1) is 0 Å². The van der Waals surface area contributed by atoms with Gasteiger partial charge >= 0.3 is 0 Å². The number of carbonyl (C=O) groups excluding carboxylic acids is 2. The standard InChI is InChI=1S/C18H16FN3O4S/c1-11(25-14-8-4-2-6-12(14)19)17(24)22-21-16(23)10-27-18-20-13-7-3-5-9-15(13)26-18/h2-9,11H,10H2,1H3,(H,21,23)(H,22,24)/t11-/m1/s1. The number of para-hydroxylation sites is 3. The molecule has 0 saturated carbocycles. The van der Waals surface area contributed by atoms with Crippen molar-refractivity contribution in [2.75, 3.05) is 5.75 Å². The smallest absolute Gasteiger partial charge is 0.279 e. The minimum absolute atomic E-state index is 0.00431. The van der Waals surface area contributed by atoms with Gasteiger partial charge in [0.05, 0.1) is 5.75 Å². The van der Waals surface area contributed by atoms with Crippen LogP contribution in [0.4, 0.5) is 4.39 Å². The second kappa shape index (κ2) is 8.54. The van der Waals surface area contributed by atoms with Gasteiger partial charge in [-0.1, -0.05) is 36.0 Å². The van der Waals surface area contributed by atoms with E-state index < -0.39 is 23.7 Å². The molecule has 2 N–H and O–H groups in total. The zero-order chi connectivity index (χ0) is 19.2. The molecule has 1 atom stereocenters. The predicted molar refractivity (Wildman–Crippen MR) is 97.5 cm³/mol. The minimum Gasteiger partial charge on any atom is -0.478 e. The molecule has 2 aromatic carbocycles. The molecule has 27 heavy (non-hydrogen) atoms. The molecule has 3 aromatic rings. The second-order valence-corrected chi connectivity index (χ2v) is 6.39. The van der Waals surface area contributed by atoms with Crippen molar-refractivity contribution in [3.05, 3.63) is 54.3 Å². The Bertz CT molecular complexity index is 929. The number of carbonyl (C=O) groups is 2. The van der Waals surface area contributed by atoms with Crippen molar-refractivity contribution in [3.63, 3.8) is 0 Å². The van der Waals surface area contributed by atoms with E-state index in [-0.39, 0.29) is 11.5 Å². The molecular formula is C18H16FN3O4S. The molecule has 3 rings (SSSR count). The maximum absolute atomic E-state index is 13.5. The van der Waals surface area contributed by atoms with E-state index in [1.54, 1.807) is 18.2 Å². The number of oxazole rings is 1. The number of benzene rings is 2. The molecule has 1 heterocycles. The Morgan fingerprint density at radius 2 is 1.93 bits per heavy atom. The van der Waals surface area contributed by atoms with E-state index in [2.05, 4.69) is 15.8 Å². The summed E-state index contributed by atoms with van der Waals surface area (Å²) < 4.78 is 24.2. The molecule has 7 nitrogen and oxygen atoms in total. The highest BCUT2D eigenvalue weighted by Gasteiger charge is 2.17. The Kier molecular flexibility index (Phi) is 5.92. The van der Waals surface area contributed by atoms with Crippen molar-refractivity contribution in [2.24, 2.45) is 0 Å². The van der Waals surface area contributed by atoms with Crippen molar-refractivity contribution in [2.45, 2.75) is 18.3 Å². The van der Waals surface area contributed by atoms with Crippen LogP contribution in [0, 0.1) is 5.82 Å². The summed E-state index contributed by atoms with van der Waals surface area (Å²) in [6.45, 7) is 1.45. The van der Waals surface area contributed by atoms with E-state index in [0.717, 1.165) is 11.8 Å². The summed E-state index contributed by atoms with van der Waals surface area (Å²) >= 11 is 1.10. The van der Waals surface area contributed by atoms with E-state index in [4.69, 9.17) is 9.15 Å². The van der Waals surface area contributed by atoms with Gasteiger partial charge in [-0.25, -0.2) is 9.37 Å². The third kappa shape index (κ3) is 4.98. The van der Waals surface area contributed by atoms with Crippen LogP contribution in [0.3, 0.4) is 0 Å². The quantitative estimate of drug-likeness (QED) is 0.497. The number of hydrazine groups is 1. The molecule has 1 aromatic heterocycles. The van der Waals surface area contributed by atoms with Gasteiger partial charge in [-0.05, 0) is 31.2 Å². The fourth-order valence-corrected chi connectivity index (χ4v) is 2.73. The third-order valence-electron chi connectivity index (χ3n) is 3.44. The first kappa shape index (κ1) is 18.7. The lowest BCUT2D eigenvalue weighted by atomic mass is 10.3. The first-order valence-corrected chi connectivity index (χ1v) is 9.00. The van der Waals surface area contributed by atoms with Crippen molar-refractivity contribution in [1.29, 1.82) is 0 Å². The zero-order valence-corrected chi connectivity index (χ0v) is 15.1. The van der Waals surface area contributed by atoms with Crippen LogP contribution in [0.15, 0.2) is 58.2 Å². The van der Waals surface area contributed by atoms with Crippen LogP contribution in [0.2, 0.25) is 0 Å². The number of rotatable bonds is 6. The number of ether oxygens (including phenoxy) is 1. The van der Waals surface area contributed by atoms with Gasteiger partial charge in [0.2, 0.25) is 5.91 Å². The van der Waals surface area contributed by atoms with Crippen molar-refractivity contribution >= 4 is 34.7 Å². The van der Waals surface area contributed by atoms with Crippen LogP contribution in [0.1, 0.15) is 6.92 Å². The van der Waals surface area contributed by atoms with Crippen molar-refractivity contribution < 1.29 is 23.1 Å². The summed E-state index contributed by atoms with van der Waals surface area (Å²) in [6, 6.07) is 13.0. The molecule has 0 aliphatic heterocycles. The number of hydrogen-bond acceptors (Lipinski definition) is 6. The highest BCUT2D eigenvalue weighted by Crippen LogP contribution is 2.22. The zero-order valence-electron chi connectivity index (χ0n) is 14.3. The molecule has 140 valence electrons. The summed E-state index contributed by atoms with van der Waals surface area (Å²) in [4.78, 5) is 28.0. The first-order valence-electron chi connectivity index (χ1n) is 8.01. The number of thioether (sulfide) groups is 1. The van der Waals surface area contributed by atoms with E-state index >= 15 is 0 Å². The highest BCUT2D eigenvalue weighted by molar-refractivity contribution is 7.99. The van der Waals surface area contributed by atoms with E-state index in [0.29, 0.717) is 16.3 Å². The lowest BCUT2D eigenvalue weighted by molar-refractivity contribution is -0.132. The Hall–Kier alpha value is -3.07. The molecule has 0 saturated heterocycles. The maximum atomic E-state index is 13.5. The Balaban J connectivity index is 1.44. The van der Waals surface area contributed by atoms with Gasteiger partial charge in [0.1, 0.15) is 5.52 Å². The number of aromatic nitrogens is 1. The average Bonchev–Trinajstić information content (AvgIpc) is 3.09. The largest absolute Gasteiger partial charge is 0.478 e. The van der Waals surface area contributed by atoms with Gasteiger partial charge in [0.15, 0.2) is 23.3 Å². The summed E-state index contributed by atoms with van der Waals surface area (Å²) in [5.74, 6) is -1.68. The minimum atomic E-state index is -0.994. The van der Waals surface area contributed by atoms with E-state index in [9.17, 15) is 14.0 Å². The van der Waals surface area contributed by atoms with E-state index in [1.165, 1.54) is 25.1 Å². The van der Waals surface area contributed by atoms with Crippen LogP contribution >= 0.6 is 11.8 Å². The molecule has 0 bridgehead atoms. The number of nitrogens with zero attached hydrogens (tertiary/aromatic N) is 1. The van der Waals surface area contributed by atoms with Crippen LogP contribution in [0.5, 0.6) is 5.75 Å². The number of hydrogen-bond donors (Lipinski definition) is 2. The molecule has 0 spiro atoms. The summed E-state index contributed by atoms with van der Waals surface area (Å²) in [6.07, 6.45) is -0.994. The SMILES string of the molecule is C[C@@H](Oc1ccccc1F)C(=O)NNC(=O)CSc1nc2ccccc2o1. The molecule has 2 amide bonds. The first-order chi connectivity index (χ1) is 13.0. The predicted octanol–water partition coefficient (Wildman–Crippen LogP) is 2.67.